The van der Waals surface area contributed by atoms with E-state index in [1.165, 1.54) is 4.57 Å². The molecule has 0 amide bonds. The van der Waals surface area contributed by atoms with Gasteiger partial charge in [-0.1, -0.05) is 45.7 Å². The number of nitrogens with one attached hydrogen (secondary N) is 1. The highest BCUT2D eigenvalue weighted by Gasteiger charge is 2.30. The van der Waals surface area contributed by atoms with E-state index in [2.05, 4.69) is 4.98 Å². The molecule has 1 N–H and O–H groups in total. The van der Waals surface area contributed by atoms with Crippen LogP contribution >= 0.6 is 11.6 Å². The third kappa shape index (κ3) is 2.78. The van der Waals surface area contributed by atoms with Gasteiger partial charge in [-0.2, -0.15) is 0 Å². The number of hydrogen-bond acceptors (Lipinski definition) is 2. The third-order valence-electron chi connectivity index (χ3n) is 4.09. The summed E-state index contributed by atoms with van der Waals surface area (Å²) in [7, 11) is 0. The van der Waals surface area contributed by atoms with Crippen molar-refractivity contribution in [2.45, 2.75) is 65.3 Å². The molecule has 0 saturated heterocycles. The number of hydrogen-bond donors (Lipinski definition) is 1. The third-order valence-corrected chi connectivity index (χ3v) is 4.42. The van der Waals surface area contributed by atoms with Gasteiger partial charge in [0.1, 0.15) is 5.15 Å². The Balaban J connectivity index is 3.64. The number of rotatable bonds is 6. The van der Waals surface area contributed by atoms with Crippen LogP contribution in [-0.4, -0.2) is 9.55 Å². The van der Waals surface area contributed by atoms with Crippen molar-refractivity contribution in [3.63, 3.8) is 0 Å². The van der Waals surface area contributed by atoms with Crippen LogP contribution in [-0.2, 0) is 12.0 Å². The van der Waals surface area contributed by atoms with Gasteiger partial charge in [-0.15, -0.1) is 0 Å². The number of aromatic amines is 1. The molecule has 0 bridgehead atoms. The second-order valence-corrected chi connectivity index (χ2v) is 5.28. The topological polar surface area (TPSA) is 54.9 Å². The van der Waals surface area contributed by atoms with Crippen LogP contribution in [0.4, 0.5) is 0 Å². The van der Waals surface area contributed by atoms with Crippen molar-refractivity contribution in [3.05, 3.63) is 31.6 Å². The molecule has 5 heteroatoms. The van der Waals surface area contributed by atoms with Crippen molar-refractivity contribution in [1.29, 1.82) is 0 Å². The van der Waals surface area contributed by atoms with Gasteiger partial charge in [-0.25, -0.2) is 4.79 Å². The molecule has 0 spiro atoms. The molecule has 0 saturated carbocycles. The summed E-state index contributed by atoms with van der Waals surface area (Å²) >= 11 is 6.00. The van der Waals surface area contributed by atoms with Gasteiger partial charge in [0, 0.05) is 0 Å². The average Bonchev–Trinajstić information content (AvgIpc) is 2.39. The molecule has 4 nitrogen and oxygen atoms in total. The van der Waals surface area contributed by atoms with Crippen LogP contribution in [0.15, 0.2) is 9.59 Å². The Morgan fingerprint density at radius 2 is 1.63 bits per heavy atom. The van der Waals surface area contributed by atoms with Crippen molar-refractivity contribution in [1.82, 2.24) is 9.55 Å². The zero-order chi connectivity index (χ0) is 14.6. The molecule has 0 aliphatic carbocycles. The molecular weight excluding hydrogens is 264 g/mol. The summed E-state index contributed by atoms with van der Waals surface area (Å²) in [6.45, 7) is 8.00. The first-order valence-corrected chi connectivity index (χ1v) is 7.39. The van der Waals surface area contributed by atoms with E-state index in [1.54, 1.807) is 0 Å². The maximum atomic E-state index is 12.6. The molecule has 0 radical (unpaired) electrons. The summed E-state index contributed by atoms with van der Waals surface area (Å²) in [6.07, 6.45) is 3.64. The van der Waals surface area contributed by atoms with Gasteiger partial charge < -0.3 is 0 Å². The fourth-order valence-corrected chi connectivity index (χ4v) is 2.92. The lowest BCUT2D eigenvalue weighted by molar-refractivity contribution is 0.231. The quantitative estimate of drug-likeness (QED) is 0.817. The summed E-state index contributed by atoms with van der Waals surface area (Å²) in [4.78, 5) is 27.4. The standard InChI is InChI=1S/C14H23ClN2O2/c1-5-9-10-11(15)16-13(19)17(12(10)18)14(6-2,7-3)8-4/h5-9H2,1-4H3,(H,16,19). The van der Waals surface area contributed by atoms with Gasteiger partial charge in [0.15, 0.2) is 0 Å². The Labute approximate surface area is 118 Å². The van der Waals surface area contributed by atoms with E-state index in [0.717, 1.165) is 25.7 Å². The van der Waals surface area contributed by atoms with Gasteiger partial charge in [0.2, 0.25) is 0 Å². The van der Waals surface area contributed by atoms with Crippen LogP contribution in [0.3, 0.4) is 0 Å². The van der Waals surface area contributed by atoms with E-state index < -0.39 is 11.2 Å². The highest BCUT2D eigenvalue weighted by molar-refractivity contribution is 6.30. The molecule has 1 heterocycles. The lowest BCUT2D eigenvalue weighted by Crippen LogP contribution is -2.49. The van der Waals surface area contributed by atoms with Gasteiger partial charge in [-0.05, 0) is 25.7 Å². The van der Waals surface area contributed by atoms with Crippen LogP contribution < -0.4 is 11.2 Å². The van der Waals surface area contributed by atoms with Crippen molar-refractivity contribution >= 4 is 11.6 Å². The maximum absolute atomic E-state index is 12.6. The van der Waals surface area contributed by atoms with Crippen molar-refractivity contribution in [3.8, 4) is 0 Å². The zero-order valence-corrected chi connectivity index (χ0v) is 12.9. The molecule has 19 heavy (non-hydrogen) atoms. The van der Waals surface area contributed by atoms with E-state index in [0.29, 0.717) is 12.0 Å². The number of nitrogens with zero attached hydrogens (tertiary/aromatic N) is 1. The Hall–Kier alpha value is -1.03. The maximum Gasteiger partial charge on any atom is 0.330 e. The predicted octanol–water partition coefficient (Wildman–Crippen LogP) is 3.07. The van der Waals surface area contributed by atoms with E-state index in [9.17, 15) is 9.59 Å². The van der Waals surface area contributed by atoms with Crippen LogP contribution in [0.25, 0.3) is 0 Å². The van der Waals surface area contributed by atoms with E-state index in [4.69, 9.17) is 11.6 Å². The minimum absolute atomic E-state index is 0.185. The molecule has 1 rings (SSSR count). The molecule has 0 aliphatic heterocycles. The van der Waals surface area contributed by atoms with E-state index in [-0.39, 0.29) is 10.7 Å². The molecule has 108 valence electrons. The van der Waals surface area contributed by atoms with Crippen LogP contribution in [0, 0.1) is 0 Å². The van der Waals surface area contributed by atoms with Gasteiger partial charge in [-0.3, -0.25) is 14.3 Å². The van der Waals surface area contributed by atoms with Crippen molar-refractivity contribution < 1.29 is 0 Å². The van der Waals surface area contributed by atoms with Crippen LogP contribution in [0.5, 0.6) is 0 Å². The Morgan fingerprint density at radius 1 is 1.11 bits per heavy atom. The second-order valence-electron chi connectivity index (χ2n) is 4.90. The first-order chi connectivity index (χ1) is 8.97. The number of aromatic nitrogens is 2. The SMILES string of the molecule is CCCc1c(Cl)[nH]c(=O)n(C(CC)(CC)CC)c1=O. The Bertz CT molecular complexity index is 533. The molecule has 0 atom stereocenters. The van der Waals surface area contributed by atoms with Crippen molar-refractivity contribution in [2.24, 2.45) is 0 Å². The smallest absolute Gasteiger partial charge is 0.297 e. The molecular formula is C14H23ClN2O2. The normalized spacial score (nSPS) is 11.8. The van der Waals surface area contributed by atoms with Crippen LogP contribution in [0.2, 0.25) is 5.15 Å². The highest BCUT2D eigenvalue weighted by Crippen LogP contribution is 2.26. The van der Waals surface area contributed by atoms with E-state index >= 15 is 0 Å². The summed E-state index contributed by atoms with van der Waals surface area (Å²) in [6, 6.07) is 0. The second kappa shape index (κ2) is 6.42. The van der Waals surface area contributed by atoms with E-state index in [1.807, 2.05) is 27.7 Å². The van der Waals surface area contributed by atoms with Gasteiger partial charge >= 0.3 is 5.69 Å². The molecule has 0 aromatic carbocycles. The summed E-state index contributed by atoms with van der Waals surface area (Å²) in [5.74, 6) is 0. The zero-order valence-electron chi connectivity index (χ0n) is 12.2. The fourth-order valence-electron chi connectivity index (χ4n) is 2.67. The van der Waals surface area contributed by atoms with Crippen LogP contribution in [0.1, 0.15) is 58.9 Å². The minimum Gasteiger partial charge on any atom is -0.297 e. The molecule has 0 unspecified atom stereocenters. The average molecular weight is 287 g/mol. The number of halogens is 1. The molecule has 1 aromatic heterocycles. The number of H-pyrrole nitrogens is 1. The molecule has 1 aromatic rings. The Morgan fingerprint density at radius 3 is 2.05 bits per heavy atom. The minimum atomic E-state index is -0.419. The monoisotopic (exact) mass is 286 g/mol. The van der Waals surface area contributed by atoms with Gasteiger partial charge in [0.25, 0.3) is 5.56 Å². The first kappa shape index (κ1) is 16.0. The largest absolute Gasteiger partial charge is 0.330 e. The summed E-state index contributed by atoms with van der Waals surface area (Å²) in [5, 5.41) is 0.185. The highest BCUT2D eigenvalue weighted by atomic mass is 35.5. The summed E-state index contributed by atoms with van der Waals surface area (Å²) < 4.78 is 1.38. The molecule has 0 aliphatic rings. The van der Waals surface area contributed by atoms with Gasteiger partial charge in [0.05, 0.1) is 11.1 Å². The predicted molar refractivity (Wildman–Crippen MR) is 79.2 cm³/mol. The Kier molecular flexibility index (Phi) is 5.41. The lowest BCUT2D eigenvalue weighted by Gasteiger charge is -2.32. The fraction of sp³-hybridized carbons (Fsp3) is 0.714. The lowest BCUT2D eigenvalue weighted by atomic mass is 9.89. The summed E-state index contributed by atoms with van der Waals surface area (Å²) in [5.41, 5.74) is -0.539. The van der Waals surface area contributed by atoms with Crippen molar-refractivity contribution in [2.75, 3.05) is 0 Å². The molecule has 0 fully saturated rings. The first-order valence-electron chi connectivity index (χ1n) is 7.01.